The minimum atomic E-state index is -0.752. The molecule has 7 nitrogen and oxygen atoms in total. The number of aromatic nitrogens is 2. The van der Waals surface area contributed by atoms with Gasteiger partial charge in [-0.2, -0.15) is 0 Å². The summed E-state index contributed by atoms with van der Waals surface area (Å²) in [7, 11) is 0. The van der Waals surface area contributed by atoms with E-state index in [-0.39, 0.29) is 11.3 Å². The molecule has 0 unspecified atom stereocenters. The van der Waals surface area contributed by atoms with E-state index in [0.717, 1.165) is 37.0 Å². The van der Waals surface area contributed by atoms with Crippen molar-refractivity contribution < 1.29 is 22.8 Å². The van der Waals surface area contributed by atoms with E-state index in [4.69, 9.17) is 9.26 Å². The Morgan fingerprint density at radius 2 is 2.11 bits per heavy atom. The fraction of sp³-hybridized carbons (Fsp3) is 0.389. The monoisotopic (exact) mass is 408 g/mol. The van der Waals surface area contributed by atoms with Crippen molar-refractivity contribution in [2.45, 2.75) is 6.42 Å². The summed E-state index contributed by atoms with van der Waals surface area (Å²) in [4.78, 5) is 20.8. The number of amides is 1. The number of benzene rings is 1. The Morgan fingerprint density at radius 1 is 1.29 bits per heavy atom. The third-order valence-corrected chi connectivity index (χ3v) is 5.51. The molecule has 0 bridgehead atoms. The van der Waals surface area contributed by atoms with Gasteiger partial charge >= 0.3 is 0 Å². The van der Waals surface area contributed by atoms with Gasteiger partial charge in [0.2, 0.25) is 5.76 Å². The van der Waals surface area contributed by atoms with Crippen molar-refractivity contribution in [1.82, 2.24) is 15.0 Å². The van der Waals surface area contributed by atoms with Crippen LogP contribution in [0.1, 0.15) is 17.0 Å². The number of hydrogen-bond acceptors (Lipinski definition) is 7. The fourth-order valence-electron chi connectivity index (χ4n) is 3.08. The van der Waals surface area contributed by atoms with Gasteiger partial charge in [-0.1, -0.05) is 16.5 Å². The number of ether oxygens (including phenoxy) is 1. The molecular weight excluding hydrogens is 390 g/mol. The Balaban J connectivity index is 1.57. The second kappa shape index (κ2) is 8.29. The number of hydrogen-bond donors (Lipinski definition) is 0. The molecule has 2 aromatic heterocycles. The maximum Gasteiger partial charge on any atom is 0.298 e. The van der Waals surface area contributed by atoms with Crippen LogP contribution in [0.15, 0.2) is 28.9 Å². The summed E-state index contributed by atoms with van der Waals surface area (Å²) in [5.41, 5.74) is 0.0462. The Kier molecular flexibility index (Phi) is 5.60. The third-order valence-electron chi connectivity index (χ3n) is 4.49. The van der Waals surface area contributed by atoms with Gasteiger partial charge in [-0.15, -0.1) is 0 Å². The maximum absolute atomic E-state index is 14.0. The predicted molar refractivity (Wildman–Crippen MR) is 99.6 cm³/mol. The zero-order valence-electron chi connectivity index (χ0n) is 14.9. The lowest BCUT2D eigenvalue weighted by Crippen LogP contribution is -2.39. The molecule has 0 N–H and O–H groups in total. The predicted octanol–water partition coefficient (Wildman–Crippen LogP) is 2.93. The number of carbonyl (C=O) groups is 1. The van der Waals surface area contributed by atoms with Crippen LogP contribution in [0.25, 0.3) is 10.2 Å². The number of nitrogens with zero attached hydrogens (tertiary/aromatic N) is 4. The fourth-order valence-corrected chi connectivity index (χ4v) is 4.11. The average Bonchev–Trinajstić information content (AvgIpc) is 3.35. The number of thiazole rings is 1. The van der Waals surface area contributed by atoms with Gasteiger partial charge in [0.1, 0.15) is 11.3 Å². The van der Waals surface area contributed by atoms with E-state index < -0.39 is 17.5 Å². The Labute approximate surface area is 163 Å². The van der Waals surface area contributed by atoms with Crippen LogP contribution in [0.2, 0.25) is 0 Å². The van der Waals surface area contributed by atoms with Gasteiger partial charge in [0, 0.05) is 38.3 Å². The first-order chi connectivity index (χ1) is 13.6. The van der Waals surface area contributed by atoms with E-state index >= 15 is 0 Å². The minimum absolute atomic E-state index is 0.0462. The molecule has 0 saturated carbocycles. The molecule has 1 amide bonds. The third kappa shape index (κ3) is 4.03. The van der Waals surface area contributed by atoms with Crippen LogP contribution in [-0.2, 0) is 4.74 Å². The summed E-state index contributed by atoms with van der Waals surface area (Å²) in [5.74, 6) is -1.78. The van der Waals surface area contributed by atoms with Crippen molar-refractivity contribution in [2.75, 3.05) is 44.3 Å². The number of rotatable bonds is 6. The van der Waals surface area contributed by atoms with E-state index in [1.807, 2.05) is 0 Å². The lowest BCUT2D eigenvalue weighted by atomic mass is 10.3. The molecule has 1 aliphatic rings. The molecule has 28 heavy (non-hydrogen) atoms. The molecule has 1 saturated heterocycles. The first-order valence-corrected chi connectivity index (χ1v) is 9.72. The first kappa shape index (κ1) is 18.9. The zero-order valence-corrected chi connectivity index (χ0v) is 15.8. The molecule has 148 valence electrons. The number of fused-ring (bicyclic) bond motifs is 1. The van der Waals surface area contributed by atoms with Crippen LogP contribution >= 0.6 is 11.3 Å². The average molecular weight is 408 g/mol. The van der Waals surface area contributed by atoms with Crippen molar-refractivity contribution in [3.05, 3.63) is 41.8 Å². The van der Waals surface area contributed by atoms with Crippen LogP contribution in [0.4, 0.5) is 13.9 Å². The molecule has 1 aromatic carbocycles. The summed E-state index contributed by atoms with van der Waals surface area (Å²) in [5, 5.41) is 3.86. The molecule has 10 heteroatoms. The van der Waals surface area contributed by atoms with E-state index in [2.05, 4.69) is 15.0 Å². The summed E-state index contributed by atoms with van der Waals surface area (Å²) in [6, 6.07) is 3.46. The quantitative estimate of drug-likeness (QED) is 0.625. The zero-order chi connectivity index (χ0) is 19.5. The molecule has 0 atom stereocenters. The highest BCUT2D eigenvalue weighted by Gasteiger charge is 2.25. The Hall–Kier alpha value is -2.43. The van der Waals surface area contributed by atoms with E-state index in [1.54, 1.807) is 0 Å². The lowest BCUT2D eigenvalue weighted by molar-refractivity contribution is 0.0376. The summed E-state index contributed by atoms with van der Waals surface area (Å²) >= 11 is 1.06. The van der Waals surface area contributed by atoms with Gasteiger partial charge in [0.25, 0.3) is 5.91 Å². The normalized spacial score (nSPS) is 15.2. The van der Waals surface area contributed by atoms with Crippen LogP contribution < -0.4 is 4.90 Å². The van der Waals surface area contributed by atoms with Crippen LogP contribution in [0.3, 0.4) is 0 Å². The lowest BCUT2D eigenvalue weighted by Gasteiger charge is -2.27. The highest BCUT2D eigenvalue weighted by Crippen LogP contribution is 2.32. The molecule has 0 radical (unpaired) electrons. The molecule has 4 rings (SSSR count). The Bertz CT molecular complexity index is 957. The molecule has 3 heterocycles. The molecule has 0 aliphatic carbocycles. The second-order valence-electron chi connectivity index (χ2n) is 6.37. The number of anilines is 1. The van der Waals surface area contributed by atoms with Crippen molar-refractivity contribution in [3.63, 3.8) is 0 Å². The first-order valence-electron chi connectivity index (χ1n) is 8.90. The highest BCUT2D eigenvalue weighted by molar-refractivity contribution is 7.22. The van der Waals surface area contributed by atoms with Crippen molar-refractivity contribution in [1.29, 1.82) is 0 Å². The molecule has 1 aliphatic heterocycles. The summed E-state index contributed by atoms with van der Waals surface area (Å²) in [6.45, 7) is 4.24. The van der Waals surface area contributed by atoms with Crippen LogP contribution in [-0.4, -0.2) is 60.3 Å². The largest absolute Gasteiger partial charge is 0.379 e. The maximum atomic E-state index is 14.0. The topological polar surface area (TPSA) is 71.7 Å². The van der Waals surface area contributed by atoms with Gasteiger partial charge in [-0.25, -0.2) is 13.8 Å². The van der Waals surface area contributed by atoms with Gasteiger partial charge in [0.15, 0.2) is 10.9 Å². The van der Waals surface area contributed by atoms with Gasteiger partial charge in [-0.3, -0.25) is 14.6 Å². The van der Waals surface area contributed by atoms with Crippen LogP contribution in [0, 0.1) is 11.6 Å². The van der Waals surface area contributed by atoms with Gasteiger partial charge < -0.3 is 9.26 Å². The van der Waals surface area contributed by atoms with Crippen LogP contribution in [0.5, 0.6) is 0 Å². The number of carbonyl (C=O) groups excluding carboxylic acids is 1. The summed E-state index contributed by atoms with van der Waals surface area (Å²) in [6.07, 6.45) is 2.07. The summed E-state index contributed by atoms with van der Waals surface area (Å²) < 4.78 is 38.2. The minimum Gasteiger partial charge on any atom is -0.379 e. The van der Waals surface area contributed by atoms with Gasteiger partial charge in [-0.05, 0) is 12.5 Å². The molecule has 3 aromatic rings. The second-order valence-corrected chi connectivity index (χ2v) is 7.38. The smallest absolute Gasteiger partial charge is 0.298 e. The molecular formula is C18H18F2N4O3S. The molecule has 1 fully saturated rings. The SMILES string of the molecule is O=C(c1ccno1)N(CCCN1CCOCC1)c1nc2c(F)cc(F)cc2s1. The van der Waals surface area contributed by atoms with E-state index in [9.17, 15) is 13.6 Å². The highest BCUT2D eigenvalue weighted by atomic mass is 32.1. The van der Waals surface area contributed by atoms with Crippen molar-refractivity contribution >= 4 is 32.6 Å². The van der Waals surface area contributed by atoms with Gasteiger partial charge in [0.05, 0.1) is 24.1 Å². The van der Waals surface area contributed by atoms with Crippen molar-refractivity contribution in [3.8, 4) is 0 Å². The number of morpholine rings is 1. The molecule has 0 spiro atoms. The van der Waals surface area contributed by atoms with E-state index in [0.29, 0.717) is 36.0 Å². The van der Waals surface area contributed by atoms with Crippen molar-refractivity contribution in [2.24, 2.45) is 0 Å². The Morgan fingerprint density at radius 3 is 2.86 bits per heavy atom. The van der Waals surface area contributed by atoms with E-state index in [1.165, 1.54) is 23.2 Å². The number of halogens is 2. The standard InChI is InChI=1S/C18H18F2N4O3S/c19-12-10-13(20)16-15(11-12)28-18(22-16)24(17(25)14-2-3-21-27-14)5-1-4-23-6-8-26-9-7-23/h2-3,10-11H,1,4-9H2.